The van der Waals surface area contributed by atoms with Gasteiger partial charge in [0.05, 0.1) is 5.69 Å². The highest BCUT2D eigenvalue weighted by Crippen LogP contribution is 2.39. The number of aryl methyl sites for hydroxylation is 2. The van der Waals surface area contributed by atoms with Gasteiger partial charge in [-0.05, 0) is 54.0 Å². The van der Waals surface area contributed by atoms with Gasteiger partial charge in [-0.1, -0.05) is 18.5 Å². The summed E-state index contributed by atoms with van der Waals surface area (Å²) in [5, 5.41) is 9.54. The average molecular weight is 548 g/mol. The number of anilines is 1. The Kier molecular flexibility index (Phi) is 6.95. The lowest BCUT2D eigenvalue weighted by Gasteiger charge is -2.20. The van der Waals surface area contributed by atoms with Crippen LogP contribution in [-0.4, -0.2) is 24.5 Å². The van der Waals surface area contributed by atoms with Gasteiger partial charge in [0.1, 0.15) is 11.9 Å². The van der Waals surface area contributed by atoms with Crippen molar-refractivity contribution in [3.8, 4) is 17.0 Å². The van der Waals surface area contributed by atoms with Crippen LogP contribution in [-0.2, 0) is 13.6 Å². The lowest BCUT2D eigenvalue weighted by atomic mass is 9.91. The highest BCUT2D eigenvalue weighted by atomic mass is 79.9. The maximum absolute atomic E-state index is 14.4. The van der Waals surface area contributed by atoms with E-state index in [1.807, 2.05) is 33.3 Å². The molecule has 2 atom stereocenters. The Hall–Kier alpha value is -2.91. The quantitative estimate of drug-likeness (QED) is 0.301. The fourth-order valence-electron chi connectivity index (χ4n) is 3.93. The first kappa shape index (κ1) is 24.2. The van der Waals surface area contributed by atoms with Gasteiger partial charge in [-0.15, -0.1) is 0 Å². The van der Waals surface area contributed by atoms with Crippen molar-refractivity contribution in [2.45, 2.75) is 39.3 Å². The largest absolute Gasteiger partial charge is 0.482 e. The smallest absolute Gasteiger partial charge is 0.166 e. The maximum Gasteiger partial charge on any atom is 0.166 e. The van der Waals surface area contributed by atoms with Crippen LogP contribution < -0.4 is 10.5 Å². The number of aromatic nitrogens is 5. The molecule has 0 fully saturated rings. The zero-order chi connectivity index (χ0) is 24.6. The lowest BCUT2D eigenvalue weighted by molar-refractivity contribution is 0.227. The molecule has 4 rings (SSSR count). The molecule has 0 aliphatic rings. The van der Waals surface area contributed by atoms with E-state index in [1.165, 1.54) is 12.1 Å². The molecule has 0 aliphatic carbocycles. The fraction of sp³-hybridized carbons (Fsp3) is 0.292. The molecule has 7 nitrogen and oxygen atoms in total. The van der Waals surface area contributed by atoms with Gasteiger partial charge in [-0.3, -0.25) is 9.36 Å². The van der Waals surface area contributed by atoms with E-state index in [0.29, 0.717) is 16.5 Å². The van der Waals surface area contributed by atoms with Gasteiger partial charge in [0.15, 0.2) is 16.7 Å². The third-order valence-corrected chi connectivity index (χ3v) is 6.44. The van der Waals surface area contributed by atoms with Crippen LogP contribution >= 0.6 is 27.5 Å². The first-order valence-electron chi connectivity index (χ1n) is 10.8. The maximum atomic E-state index is 14.4. The van der Waals surface area contributed by atoms with Crippen molar-refractivity contribution in [2.24, 2.45) is 7.05 Å². The Labute approximate surface area is 210 Å². The molecule has 1 aromatic carbocycles. The zero-order valence-corrected chi connectivity index (χ0v) is 21.6. The molecule has 0 amide bonds. The average Bonchev–Trinajstić information content (AvgIpc) is 3.38. The molecule has 3 heterocycles. The molecule has 0 radical (unpaired) electrons. The van der Waals surface area contributed by atoms with E-state index in [0.717, 1.165) is 33.4 Å². The number of halogens is 3. The Morgan fingerprint density at radius 3 is 2.62 bits per heavy atom. The van der Waals surface area contributed by atoms with Crippen molar-refractivity contribution in [2.75, 3.05) is 5.73 Å². The minimum atomic E-state index is -0.527. The van der Waals surface area contributed by atoms with E-state index in [2.05, 4.69) is 32.9 Å². The second kappa shape index (κ2) is 9.76. The molecule has 34 heavy (non-hydrogen) atoms. The topological polar surface area (TPSA) is 83.8 Å². The van der Waals surface area contributed by atoms with Crippen LogP contribution in [0, 0.1) is 5.82 Å². The van der Waals surface area contributed by atoms with Gasteiger partial charge in [-0.25, -0.2) is 9.37 Å². The van der Waals surface area contributed by atoms with Gasteiger partial charge in [0, 0.05) is 64.8 Å². The van der Waals surface area contributed by atoms with Crippen LogP contribution in [0.15, 0.2) is 47.3 Å². The number of benzene rings is 1. The van der Waals surface area contributed by atoms with E-state index < -0.39 is 6.10 Å². The van der Waals surface area contributed by atoms with Crippen LogP contribution in [0.5, 0.6) is 5.75 Å². The predicted octanol–water partition coefficient (Wildman–Crippen LogP) is 6.13. The van der Waals surface area contributed by atoms with E-state index in [4.69, 9.17) is 27.2 Å². The van der Waals surface area contributed by atoms with Crippen LogP contribution in [0.25, 0.3) is 11.3 Å². The van der Waals surface area contributed by atoms with Gasteiger partial charge in [0.2, 0.25) is 0 Å². The summed E-state index contributed by atoms with van der Waals surface area (Å²) in [6.45, 7) is 6.62. The first-order chi connectivity index (χ1) is 16.2. The van der Waals surface area contributed by atoms with Crippen LogP contribution in [0.1, 0.15) is 49.5 Å². The third kappa shape index (κ3) is 4.81. The van der Waals surface area contributed by atoms with Crippen molar-refractivity contribution in [1.82, 2.24) is 24.5 Å². The monoisotopic (exact) mass is 546 g/mol. The van der Waals surface area contributed by atoms with Crippen molar-refractivity contribution in [3.63, 3.8) is 0 Å². The Morgan fingerprint density at radius 1 is 1.15 bits per heavy atom. The molecule has 3 aromatic heterocycles. The molecule has 10 heteroatoms. The third-order valence-electron chi connectivity index (χ3n) is 5.72. The summed E-state index contributed by atoms with van der Waals surface area (Å²) in [5.74, 6) is 0.205. The number of nitrogens with two attached hydrogens (primary N) is 1. The number of nitrogens with zero attached hydrogens (tertiary/aromatic N) is 5. The molecule has 0 bridgehead atoms. The summed E-state index contributed by atoms with van der Waals surface area (Å²) >= 11 is 9.82. The van der Waals surface area contributed by atoms with Crippen LogP contribution in [0.4, 0.5) is 10.2 Å². The molecule has 0 spiro atoms. The summed E-state index contributed by atoms with van der Waals surface area (Å²) in [6.07, 6.45) is 4.97. The van der Waals surface area contributed by atoms with Gasteiger partial charge >= 0.3 is 0 Å². The summed E-state index contributed by atoms with van der Waals surface area (Å²) in [5.41, 5.74) is 9.96. The number of ether oxygens (including phenoxy) is 1. The standard InChI is InChI=1S/C24H25BrClFN6O/c1-5-33-12-20(23(26)31-33)13(2)19-11-32(4)30-22(19)17-7-6-16(27)9-18(17)14(3)34-21-8-15(25)10-29-24(21)28/h6-14H,5H2,1-4H3,(H2,28,29)/t13?,14-/m1/s1. The van der Waals surface area contributed by atoms with Crippen molar-refractivity contribution < 1.29 is 9.13 Å². The number of hydrogen-bond donors (Lipinski definition) is 1. The van der Waals surface area contributed by atoms with Crippen LogP contribution in [0.2, 0.25) is 5.15 Å². The summed E-state index contributed by atoms with van der Waals surface area (Å²) in [4.78, 5) is 4.11. The SMILES string of the molecule is CCn1cc(C(C)c2cn(C)nc2-c2ccc(F)cc2[C@@H](C)Oc2cc(Br)cnc2N)c(Cl)n1. The number of hydrogen-bond acceptors (Lipinski definition) is 5. The van der Waals surface area contributed by atoms with E-state index in [-0.39, 0.29) is 17.6 Å². The first-order valence-corrected chi connectivity index (χ1v) is 12.0. The summed E-state index contributed by atoms with van der Waals surface area (Å²) in [6, 6.07) is 6.35. The van der Waals surface area contributed by atoms with Gasteiger partial charge in [0.25, 0.3) is 0 Å². The predicted molar refractivity (Wildman–Crippen MR) is 134 cm³/mol. The molecule has 1 unspecified atom stereocenters. The Bertz CT molecular complexity index is 1340. The van der Waals surface area contributed by atoms with E-state index >= 15 is 0 Å². The van der Waals surface area contributed by atoms with Gasteiger partial charge < -0.3 is 10.5 Å². The highest BCUT2D eigenvalue weighted by Gasteiger charge is 2.25. The number of nitrogen functional groups attached to an aromatic ring is 1. The fourth-order valence-corrected chi connectivity index (χ4v) is 4.55. The van der Waals surface area contributed by atoms with E-state index in [9.17, 15) is 4.39 Å². The Morgan fingerprint density at radius 2 is 1.91 bits per heavy atom. The highest BCUT2D eigenvalue weighted by molar-refractivity contribution is 9.10. The van der Waals surface area contributed by atoms with Crippen molar-refractivity contribution in [1.29, 1.82) is 0 Å². The minimum Gasteiger partial charge on any atom is -0.482 e. The molecular weight excluding hydrogens is 523 g/mol. The molecule has 0 aliphatic heterocycles. The second-order valence-corrected chi connectivity index (χ2v) is 9.36. The number of pyridine rings is 1. The lowest BCUT2D eigenvalue weighted by Crippen LogP contribution is -2.09. The molecule has 4 aromatic rings. The zero-order valence-electron chi connectivity index (χ0n) is 19.3. The summed E-state index contributed by atoms with van der Waals surface area (Å²) in [7, 11) is 1.85. The molecule has 2 N–H and O–H groups in total. The van der Waals surface area contributed by atoms with Crippen molar-refractivity contribution >= 4 is 33.3 Å². The Balaban J connectivity index is 1.77. The van der Waals surface area contributed by atoms with Crippen LogP contribution in [0.3, 0.4) is 0 Å². The molecule has 0 saturated carbocycles. The minimum absolute atomic E-state index is 0.0875. The van der Waals surface area contributed by atoms with Gasteiger partial charge in [-0.2, -0.15) is 10.2 Å². The number of rotatable bonds is 7. The summed E-state index contributed by atoms with van der Waals surface area (Å²) < 4.78 is 24.8. The normalized spacial score (nSPS) is 13.1. The molecule has 178 valence electrons. The van der Waals surface area contributed by atoms with Crippen molar-refractivity contribution in [3.05, 3.63) is 75.0 Å². The molecular formula is C24H25BrClFN6O. The molecule has 0 saturated heterocycles. The second-order valence-electron chi connectivity index (χ2n) is 8.09. The van der Waals surface area contributed by atoms with E-state index in [1.54, 1.807) is 27.7 Å².